The smallest absolute Gasteiger partial charge is 0.402 e. The quantitative estimate of drug-likeness (QED) is 0.179. The van der Waals surface area contributed by atoms with Gasteiger partial charge >= 0.3 is 7.60 Å². The number of aromatic nitrogens is 4. The monoisotopic (exact) mass is 587 g/mol. The molecule has 1 aliphatic heterocycles. The average Bonchev–Trinajstić information content (AvgIpc) is 3.35. The number of imidazole rings is 1. The van der Waals surface area contributed by atoms with Gasteiger partial charge in [0.05, 0.1) is 31.7 Å². The summed E-state index contributed by atoms with van der Waals surface area (Å²) >= 11 is 0. The second-order valence-electron chi connectivity index (χ2n) is 9.21. The summed E-state index contributed by atoms with van der Waals surface area (Å²) in [5.41, 5.74) is 8.89. The number of anilines is 1. The first-order valence-electron chi connectivity index (χ1n) is 12.4. The summed E-state index contributed by atoms with van der Waals surface area (Å²) in [5.74, 6) is 2.30. The molecule has 0 radical (unpaired) electrons. The molecule has 1 saturated heterocycles. The molecule has 3 N–H and O–H groups in total. The van der Waals surface area contributed by atoms with Gasteiger partial charge < -0.3 is 29.2 Å². The minimum absolute atomic E-state index is 0.0138. The second-order valence-corrected chi connectivity index (χ2v) is 13.5. The maximum Gasteiger partial charge on any atom is 0.402 e. The zero-order valence-electron chi connectivity index (χ0n) is 21.3. The predicted molar refractivity (Wildman–Crippen MR) is 155 cm³/mol. The van der Waals surface area contributed by atoms with Gasteiger partial charge in [-0.3, -0.25) is 0 Å². The number of fused-ring (bicyclic) bond motifs is 1. The summed E-state index contributed by atoms with van der Waals surface area (Å²) < 4.78 is 32.6. The lowest BCUT2D eigenvalue weighted by Crippen LogP contribution is -2.29. The van der Waals surface area contributed by atoms with Crippen molar-refractivity contribution in [3.63, 3.8) is 0 Å². The van der Waals surface area contributed by atoms with Crippen molar-refractivity contribution in [2.45, 2.75) is 38.2 Å². The Balaban J connectivity index is 1.22. The van der Waals surface area contributed by atoms with Crippen molar-refractivity contribution in [2.75, 3.05) is 23.6 Å². The van der Waals surface area contributed by atoms with Gasteiger partial charge in [-0.15, -0.1) is 0 Å². The van der Waals surface area contributed by atoms with Crippen LogP contribution in [0.15, 0.2) is 67.3 Å². The highest BCUT2D eigenvalue weighted by Crippen LogP contribution is 2.48. The number of para-hydroxylation sites is 1. The average molecular weight is 588 g/mol. The molecule has 0 saturated carbocycles. The van der Waals surface area contributed by atoms with E-state index in [1.807, 2.05) is 42.5 Å². The van der Waals surface area contributed by atoms with E-state index in [2.05, 4.69) is 15.0 Å². The maximum atomic E-state index is 13.1. The first-order chi connectivity index (χ1) is 18.9. The van der Waals surface area contributed by atoms with Crippen molar-refractivity contribution in [3.8, 4) is 5.75 Å². The van der Waals surface area contributed by atoms with Crippen molar-refractivity contribution in [1.82, 2.24) is 19.5 Å². The highest BCUT2D eigenvalue weighted by atomic mass is 33.1. The summed E-state index contributed by atoms with van der Waals surface area (Å²) in [6, 6.07) is 17.4. The molecule has 2 aromatic heterocycles. The Labute approximate surface area is 234 Å². The lowest BCUT2D eigenvalue weighted by molar-refractivity contribution is 0.0417. The molecule has 4 atom stereocenters. The number of nitrogens with two attached hydrogens (primary N) is 1. The normalized spacial score (nSPS) is 19.9. The van der Waals surface area contributed by atoms with Gasteiger partial charge in [0, 0.05) is 23.0 Å². The third-order valence-corrected chi connectivity index (χ3v) is 9.68. The van der Waals surface area contributed by atoms with Crippen LogP contribution in [0.5, 0.6) is 5.75 Å². The number of benzene rings is 2. The SMILES string of the molecule is C[C@H](Cn1cnc2c(N)ncnc21)OCP(=O)(O)Oc1ccccc1[C@H]1CSSC[C@@H]1OCc1ccccc1. The van der Waals surface area contributed by atoms with Crippen LogP contribution in [0.4, 0.5) is 5.82 Å². The molecule has 206 valence electrons. The minimum atomic E-state index is -4.12. The lowest BCUT2D eigenvalue weighted by atomic mass is 9.95. The van der Waals surface area contributed by atoms with E-state index in [9.17, 15) is 9.46 Å². The Morgan fingerprint density at radius 1 is 1.10 bits per heavy atom. The van der Waals surface area contributed by atoms with E-state index in [-0.39, 0.29) is 12.0 Å². The summed E-state index contributed by atoms with van der Waals surface area (Å²) in [5, 5.41) is 0. The highest BCUT2D eigenvalue weighted by Gasteiger charge is 2.32. The molecule has 4 aromatic rings. The fourth-order valence-corrected chi connectivity index (χ4v) is 7.91. The van der Waals surface area contributed by atoms with Crippen molar-refractivity contribution >= 4 is 46.2 Å². The van der Waals surface area contributed by atoms with Crippen LogP contribution < -0.4 is 10.3 Å². The Bertz CT molecular complexity index is 1440. The van der Waals surface area contributed by atoms with Crippen LogP contribution in [0.2, 0.25) is 0 Å². The minimum Gasteiger partial charge on any atom is -0.423 e. The van der Waals surface area contributed by atoms with Crippen LogP contribution in [0, 0.1) is 0 Å². The van der Waals surface area contributed by atoms with Gasteiger partial charge in [-0.1, -0.05) is 70.1 Å². The van der Waals surface area contributed by atoms with E-state index in [1.165, 1.54) is 6.33 Å². The van der Waals surface area contributed by atoms with Gasteiger partial charge in [0.2, 0.25) is 0 Å². The molecule has 13 heteroatoms. The maximum absolute atomic E-state index is 13.1. The van der Waals surface area contributed by atoms with Crippen molar-refractivity contribution < 1.29 is 23.5 Å². The molecule has 1 unspecified atom stereocenters. The molecule has 2 aromatic carbocycles. The van der Waals surface area contributed by atoms with E-state index in [4.69, 9.17) is 19.7 Å². The van der Waals surface area contributed by atoms with Crippen LogP contribution in [-0.4, -0.2) is 54.5 Å². The Kier molecular flexibility index (Phi) is 9.11. The molecule has 1 aliphatic rings. The topological polar surface area (TPSA) is 135 Å². The number of nitrogen functional groups attached to an aromatic ring is 1. The van der Waals surface area contributed by atoms with Gasteiger partial charge in [-0.25, -0.2) is 19.5 Å². The van der Waals surface area contributed by atoms with E-state index < -0.39 is 20.0 Å². The van der Waals surface area contributed by atoms with E-state index in [0.717, 1.165) is 22.6 Å². The second kappa shape index (κ2) is 12.7. The van der Waals surface area contributed by atoms with Crippen LogP contribution in [-0.2, 0) is 27.2 Å². The third-order valence-electron chi connectivity index (χ3n) is 6.28. The molecular weight excluding hydrogens is 557 g/mol. The molecule has 39 heavy (non-hydrogen) atoms. The molecular formula is C26H30N5O5PS2. The number of hydrogen-bond acceptors (Lipinski definition) is 10. The lowest BCUT2D eigenvalue weighted by Gasteiger charge is -2.32. The van der Waals surface area contributed by atoms with E-state index >= 15 is 0 Å². The first-order valence-corrected chi connectivity index (χ1v) is 16.7. The van der Waals surface area contributed by atoms with E-state index in [1.54, 1.807) is 51.5 Å². The van der Waals surface area contributed by atoms with Gasteiger partial charge in [-0.2, -0.15) is 0 Å². The van der Waals surface area contributed by atoms with Gasteiger partial charge in [0.15, 0.2) is 17.8 Å². The van der Waals surface area contributed by atoms with E-state index in [0.29, 0.717) is 35.9 Å². The Hall–Kier alpha value is -2.60. The molecule has 0 amide bonds. The largest absolute Gasteiger partial charge is 0.423 e. The summed E-state index contributed by atoms with van der Waals surface area (Å²) in [6.07, 6.45) is 2.03. The van der Waals surface area contributed by atoms with Crippen molar-refractivity contribution in [1.29, 1.82) is 0 Å². The van der Waals surface area contributed by atoms with Crippen LogP contribution in [0.25, 0.3) is 11.2 Å². The predicted octanol–water partition coefficient (Wildman–Crippen LogP) is 5.10. The van der Waals surface area contributed by atoms with Gasteiger partial charge in [-0.05, 0) is 18.6 Å². The van der Waals surface area contributed by atoms with Crippen LogP contribution in [0.1, 0.15) is 24.0 Å². The summed E-state index contributed by atoms with van der Waals surface area (Å²) in [7, 11) is -0.578. The molecule has 1 fully saturated rings. The standard InChI is InChI=1S/C26H30N5O5PS2/c1-18(11-31-16-30-24-25(27)28-15-29-26(24)31)35-17-37(32,33)36-22-10-6-5-9-20(22)21-13-38-39-14-23(21)34-12-19-7-3-2-4-8-19/h2-10,15-16,18,21,23H,11-14,17H2,1H3,(H,32,33)(H2,27,28,29)/t18-,21-,23+/m1/s1. The van der Waals surface area contributed by atoms with Gasteiger partial charge in [0.1, 0.15) is 17.6 Å². The van der Waals surface area contributed by atoms with Crippen molar-refractivity contribution in [2.24, 2.45) is 0 Å². The molecule has 5 rings (SSSR count). The van der Waals surface area contributed by atoms with Crippen LogP contribution in [0.3, 0.4) is 0 Å². The Morgan fingerprint density at radius 2 is 1.87 bits per heavy atom. The zero-order chi connectivity index (χ0) is 27.2. The molecule has 3 heterocycles. The molecule has 0 spiro atoms. The Morgan fingerprint density at radius 3 is 2.72 bits per heavy atom. The van der Waals surface area contributed by atoms with Crippen LogP contribution >= 0.6 is 29.2 Å². The van der Waals surface area contributed by atoms with Gasteiger partial charge in [0.25, 0.3) is 0 Å². The summed E-state index contributed by atoms with van der Waals surface area (Å²) in [6.45, 7) is 2.67. The number of ether oxygens (including phenoxy) is 2. The van der Waals surface area contributed by atoms with Crippen molar-refractivity contribution in [3.05, 3.63) is 78.4 Å². The fourth-order valence-electron chi connectivity index (χ4n) is 4.33. The first kappa shape index (κ1) is 27.9. The molecule has 0 bridgehead atoms. The molecule has 10 nitrogen and oxygen atoms in total. The number of nitrogens with zero attached hydrogens (tertiary/aromatic N) is 4. The number of hydrogen-bond donors (Lipinski definition) is 2. The fraction of sp³-hybridized carbons (Fsp3) is 0.346. The third kappa shape index (κ3) is 7.13. The number of rotatable bonds is 11. The zero-order valence-corrected chi connectivity index (χ0v) is 23.9. The highest BCUT2D eigenvalue weighted by molar-refractivity contribution is 8.76. The molecule has 0 aliphatic carbocycles. The summed E-state index contributed by atoms with van der Waals surface area (Å²) in [4.78, 5) is 23.1.